The lowest BCUT2D eigenvalue weighted by Gasteiger charge is -2.27. The van der Waals surface area contributed by atoms with E-state index in [1.807, 2.05) is 12.1 Å². The first kappa shape index (κ1) is 32.9. The summed E-state index contributed by atoms with van der Waals surface area (Å²) in [5, 5.41) is 12.5. The van der Waals surface area contributed by atoms with Gasteiger partial charge in [0.1, 0.15) is 12.4 Å². The minimum atomic E-state index is -1.01. The molecule has 0 atom stereocenters. The summed E-state index contributed by atoms with van der Waals surface area (Å²) in [6, 6.07) is 9.68. The molecule has 0 aliphatic heterocycles. The molecule has 0 fully saturated rings. The van der Waals surface area contributed by atoms with E-state index in [0.29, 0.717) is 56.2 Å². The standard InChI is InChI=1S/C38H44O6/c1-22(2)36(39)10-9-13-42-14-15-43-16-17-44-29-11-12-30(35(20-29)38(40)41)37-33-18-23(3)25(5)27(7)31(33)21-32-28(8)26(6)24(4)19-34(32)37/h11-12,18-20H,1,5,9-10,13-17,21H2,2-4,6-8H3,(H,40,41). The summed E-state index contributed by atoms with van der Waals surface area (Å²) in [6.45, 7) is 22.2. The quantitative estimate of drug-likeness (QED) is 0.146. The van der Waals surface area contributed by atoms with Crippen molar-refractivity contribution in [3.8, 4) is 5.75 Å². The van der Waals surface area contributed by atoms with Crippen LogP contribution >= 0.6 is 0 Å². The fourth-order valence-electron chi connectivity index (χ4n) is 5.82. The Bertz CT molecular complexity index is 1730. The third-order valence-corrected chi connectivity index (χ3v) is 8.78. The second kappa shape index (κ2) is 14.2. The second-order valence-corrected chi connectivity index (χ2v) is 11.7. The van der Waals surface area contributed by atoms with E-state index in [1.165, 1.54) is 27.8 Å². The molecule has 0 heterocycles. The maximum atomic E-state index is 12.7. The van der Waals surface area contributed by atoms with E-state index in [2.05, 4.69) is 59.9 Å². The van der Waals surface area contributed by atoms with Gasteiger partial charge >= 0.3 is 5.97 Å². The van der Waals surface area contributed by atoms with Crippen molar-refractivity contribution in [2.45, 2.75) is 60.8 Å². The molecule has 0 spiro atoms. The van der Waals surface area contributed by atoms with Crippen LogP contribution in [0.2, 0.25) is 0 Å². The number of hydrogen-bond donors (Lipinski definition) is 1. The number of ketones is 1. The summed E-state index contributed by atoms with van der Waals surface area (Å²) >= 11 is 0. The molecule has 6 heteroatoms. The Hall–Kier alpha value is -4.00. The van der Waals surface area contributed by atoms with Crippen molar-refractivity contribution in [1.82, 2.24) is 0 Å². The number of ether oxygens (including phenoxy) is 3. The topological polar surface area (TPSA) is 82.1 Å². The number of aryl methyl sites for hydroxylation is 2. The predicted octanol–water partition coefficient (Wildman–Crippen LogP) is 5.83. The number of allylic oxidation sites excluding steroid dienone is 1. The van der Waals surface area contributed by atoms with Gasteiger partial charge in [0, 0.05) is 13.0 Å². The van der Waals surface area contributed by atoms with Crippen LogP contribution in [0, 0.1) is 34.6 Å². The number of benzene rings is 3. The Morgan fingerprint density at radius 1 is 0.818 bits per heavy atom. The minimum absolute atomic E-state index is 0.0613. The third kappa shape index (κ3) is 7.03. The van der Waals surface area contributed by atoms with Crippen LogP contribution in [0.1, 0.15) is 80.2 Å². The van der Waals surface area contributed by atoms with E-state index in [-0.39, 0.29) is 18.0 Å². The van der Waals surface area contributed by atoms with Crippen LogP contribution in [0.25, 0.3) is 12.2 Å². The molecule has 1 aliphatic carbocycles. The van der Waals surface area contributed by atoms with Gasteiger partial charge < -0.3 is 19.3 Å². The van der Waals surface area contributed by atoms with Crippen LogP contribution < -0.4 is 15.2 Å². The molecular weight excluding hydrogens is 552 g/mol. The monoisotopic (exact) mass is 596 g/mol. The maximum Gasteiger partial charge on any atom is 0.336 e. The summed E-state index contributed by atoms with van der Waals surface area (Å²) in [7, 11) is 0. The average molecular weight is 597 g/mol. The molecule has 0 radical (unpaired) electrons. The first-order valence-electron chi connectivity index (χ1n) is 15.2. The van der Waals surface area contributed by atoms with E-state index >= 15 is 0 Å². The minimum Gasteiger partial charge on any atom is -0.491 e. The normalized spacial score (nSPS) is 12.1. The van der Waals surface area contributed by atoms with Crippen molar-refractivity contribution in [2.75, 3.05) is 33.0 Å². The van der Waals surface area contributed by atoms with Gasteiger partial charge in [-0.15, -0.1) is 0 Å². The van der Waals surface area contributed by atoms with Gasteiger partial charge in [-0.05, 0) is 144 Å². The second-order valence-electron chi connectivity index (χ2n) is 11.7. The zero-order valence-electron chi connectivity index (χ0n) is 26.9. The number of carbonyl (C=O) groups excluding carboxylic acids is 1. The van der Waals surface area contributed by atoms with Crippen LogP contribution in [0.4, 0.5) is 0 Å². The summed E-state index contributed by atoms with van der Waals surface area (Å²) in [6.07, 6.45) is 1.88. The zero-order valence-corrected chi connectivity index (χ0v) is 26.9. The Balaban J connectivity index is 1.54. The number of hydrogen-bond acceptors (Lipinski definition) is 5. The Kier molecular flexibility index (Phi) is 10.6. The molecule has 0 bridgehead atoms. The number of carboxylic acids is 1. The Morgan fingerprint density at radius 2 is 1.50 bits per heavy atom. The van der Waals surface area contributed by atoms with E-state index < -0.39 is 5.97 Å². The highest BCUT2D eigenvalue weighted by Gasteiger charge is 2.26. The molecule has 1 N–H and O–H groups in total. The van der Waals surface area contributed by atoms with Gasteiger partial charge in [-0.2, -0.15) is 0 Å². The molecule has 232 valence electrons. The van der Waals surface area contributed by atoms with Gasteiger partial charge in [0.2, 0.25) is 0 Å². The van der Waals surface area contributed by atoms with Crippen molar-refractivity contribution in [2.24, 2.45) is 0 Å². The van der Waals surface area contributed by atoms with E-state index in [0.717, 1.165) is 39.1 Å². The van der Waals surface area contributed by atoms with E-state index in [9.17, 15) is 14.7 Å². The molecule has 3 aromatic rings. The molecular formula is C38H44O6. The smallest absolute Gasteiger partial charge is 0.336 e. The number of carbonyl (C=O) groups is 2. The number of rotatable bonds is 14. The van der Waals surface area contributed by atoms with Crippen molar-refractivity contribution in [3.63, 3.8) is 0 Å². The largest absolute Gasteiger partial charge is 0.491 e. The van der Waals surface area contributed by atoms with Crippen LogP contribution in [-0.4, -0.2) is 49.9 Å². The van der Waals surface area contributed by atoms with Gasteiger partial charge in [-0.25, -0.2) is 4.79 Å². The predicted molar refractivity (Wildman–Crippen MR) is 175 cm³/mol. The Morgan fingerprint density at radius 3 is 2.18 bits per heavy atom. The zero-order chi connectivity index (χ0) is 32.1. The highest BCUT2D eigenvalue weighted by atomic mass is 16.5. The first-order valence-corrected chi connectivity index (χ1v) is 15.2. The summed E-state index contributed by atoms with van der Waals surface area (Å²) < 4.78 is 17.0. The lowest BCUT2D eigenvalue weighted by molar-refractivity contribution is -0.115. The summed E-state index contributed by atoms with van der Waals surface area (Å²) in [5.74, 6) is -0.472. The SMILES string of the molecule is C=C(C)C(=O)CCCOCCOCCOc1ccc(C2=c3cc(C)c(=C)c(C)c3Cc3c2cc(C)c(C)c3C)c(C(=O)O)c1. The molecule has 6 nitrogen and oxygen atoms in total. The molecule has 0 unspecified atom stereocenters. The number of carboxylic acid groups (broad SMARTS) is 1. The lowest BCUT2D eigenvalue weighted by Crippen LogP contribution is -2.29. The molecule has 0 aromatic heterocycles. The fourth-order valence-corrected chi connectivity index (χ4v) is 5.82. The van der Waals surface area contributed by atoms with Crippen LogP contribution in [-0.2, 0) is 20.7 Å². The van der Waals surface area contributed by atoms with Gasteiger partial charge in [-0.1, -0.05) is 25.3 Å². The first-order chi connectivity index (χ1) is 20.9. The van der Waals surface area contributed by atoms with Crippen molar-refractivity contribution >= 4 is 23.9 Å². The average Bonchev–Trinajstić information content (AvgIpc) is 2.99. The summed E-state index contributed by atoms with van der Waals surface area (Å²) in [5.41, 5.74) is 11.8. The molecule has 44 heavy (non-hydrogen) atoms. The van der Waals surface area contributed by atoms with Crippen LogP contribution in [0.3, 0.4) is 0 Å². The van der Waals surface area contributed by atoms with E-state index in [1.54, 1.807) is 13.0 Å². The van der Waals surface area contributed by atoms with Crippen LogP contribution in [0.5, 0.6) is 5.75 Å². The molecule has 0 saturated carbocycles. The van der Waals surface area contributed by atoms with Crippen molar-refractivity contribution < 1.29 is 28.9 Å². The van der Waals surface area contributed by atoms with Crippen molar-refractivity contribution in [1.29, 1.82) is 0 Å². The molecule has 3 aromatic carbocycles. The lowest BCUT2D eigenvalue weighted by atomic mass is 9.77. The number of aromatic carboxylic acids is 1. The Labute approximate surface area is 260 Å². The van der Waals surface area contributed by atoms with Crippen molar-refractivity contribution in [3.05, 3.63) is 109 Å². The molecule has 1 aliphatic rings. The third-order valence-electron chi connectivity index (χ3n) is 8.78. The van der Waals surface area contributed by atoms with Gasteiger partial charge in [0.05, 0.1) is 25.4 Å². The highest BCUT2D eigenvalue weighted by molar-refractivity contribution is 5.98. The van der Waals surface area contributed by atoms with Crippen LogP contribution in [0.15, 0.2) is 42.5 Å². The number of Topliss-reactive ketones (excluding diaryl/α,β-unsaturated/α-hetero) is 1. The number of fused-ring (bicyclic) bond motifs is 2. The van der Waals surface area contributed by atoms with Gasteiger partial charge in [0.15, 0.2) is 5.78 Å². The van der Waals surface area contributed by atoms with E-state index in [4.69, 9.17) is 14.2 Å². The maximum absolute atomic E-state index is 12.7. The van der Waals surface area contributed by atoms with Gasteiger partial charge in [-0.3, -0.25) is 4.79 Å². The molecule has 0 amide bonds. The summed E-state index contributed by atoms with van der Waals surface area (Å²) in [4.78, 5) is 24.2. The molecule has 4 rings (SSSR count). The fraction of sp³-hybridized carbons (Fsp3) is 0.368. The highest BCUT2D eigenvalue weighted by Crippen LogP contribution is 2.36. The molecule has 0 saturated heterocycles. The van der Waals surface area contributed by atoms with Gasteiger partial charge in [0.25, 0.3) is 0 Å².